The SMILES string of the molecule is COCC1(C(=O)N2C[C@@H](O)[C@H](F)C2)CCC1. The molecular weight excluding hydrogens is 213 g/mol. The number of methoxy groups -OCH3 is 1. The van der Waals surface area contributed by atoms with Crippen LogP contribution in [0.3, 0.4) is 0 Å². The van der Waals surface area contributed by atoms with Gasteiger partial charge in [-0.1, -0.05) is 6.42 Å². The van der Waals surface area contributed by atoms with Gasteiger partial charge in [-0.15, -0.1) is 0 Å². The highest BCUT2D eigenvalue weighted by Gasteiger charge is 2.48. The number of carbonyl (C=O) groups excluding carboxylic acids is 1. The summed E-state index contributed by atoms with van der Waals surface area (Å²) in [6.07, 6.45) is 0.309. The second-order valence-electron chi connectivity index (χ2n) is 4.86. The van der Waals surface area contributed by atoms with Gasteiger partial charge in [0.05, 0.1) is 18.6 Å². The molecule has 1 aliphatic carbocycles. The third-order valence-corrected chi connectivity index (χ3v) is 3.69. The van der Waals surface area contributed by atoms with E-state index in [9.17, 15) is 14.3 Å². The van der Waals surface area contributed by atoms with Gasteiger partial charge in [-0.25, -0.2) is 4.39 Å². The number of ether oxygens (including phenoxy) is 1. The van der Waals surface area contributed by atoms with Crippen LogP contribution in [0.2, 0.25) is 0 Å². The number of halogens is 1. The molecule has 1 N–H and O–H groups in total. The van der Waals surface area contributed by atoms with Crippen LogP contribution in [0.1, 0.15) is 19.3 Å². The molecule has 2 fully saturated rings. The average molecular weight is 231 g/mol. The van der Waals surface area contributed by atoms with Crippen LogP contribution < -0.4 is 0 Å². The lowest BCUT2D eigenvalue weighted by Gasteiger charge is -2.42. The maximum Gasteiger partial charge on any atom is 0.231 e. The molecule has 1 saturated heterocycles. The Balaban J connectivity index is 2.01. The smallest absolute Gasteiger partial charge is 0.231 e. The third kappa shape index (κ3) is 1.82. The Morgan fingerprint density at radius 2 is 2.25 bits per heavy atom. The molecule has 0 aromatic rings. The lowest BCUT2D eigenvalue weighted by molar-refractivity contribution is -0.151. The lowest BCUT2D eigenvalue weighted by Crippen LogP contribution is -2.50. The van der Waals surface area contributed by atoms with Crippen molar-refractivity contribution in [1.82, 2.24) is 4.90 Å². The zero-order valence-corrected chi connectivity index (χ0v) is 9.49. The van der Waals surface area contributed by atoms with Crippen LogP contribution in [0.15, 0.2) is 0 Å². The number of nitrogens with zero attached hydrogens (tertiary/aromatic N) is 1. The monoisotopic (exact) mass is 231 g/mol. The highest BCUT2D eigenvalue weighted by molar-refractivity contribution is 5.84. The summed E-state index contributed by atoms with van der Waals surface area (Å²) in [5.41, 5.74) is -0.446. The minimum absolute atomic E-state index is 0.0193. The van der Waals surface area contributed by atoms with Crippen molar-refractivity contribution in [2.75, 3.05) is 26.8 Å². The zero-order valence-electron chi connectivity index (χ0n) is 9.49. The zero-order chi connectivity index (χ0) is 11.8. The second kappa shape index (κ2) is 4.30. The first-order valence-electron chi connectivity index (χ1n) is 5.69. The molecule has 0 aromatic carbocycles. The summed E-state index contributed by atoms with van der Waals surface area (Å²) < 4.78 is 18.2. The predicted molar refractivity (Wildman–Crippen MR) is 55.6 cm³/mol. The van der Waals surface area contributed by atoms with Crippen LogP contribution in [0.25, 0.3) is 0 Å². The summed E-state index contributed by atoms with van der Waals surface area (Å²) in [5.74, 6) is -0.0557. The van der Waals surface area contributed by atoms with Gasteiger partial charge in [-0.2, -0.15) is 0 Å². The van der Waals surface area contributed by atoms with Crippen LogP contribution in [0.4, 0.5) is 4.39 Å². The van der Waals surface area contributed by atoms with E-state index in [0.717, 1.165) is 19.3 Å². The molecule has 0 spiro atoms. The minimum Gasteiger partial charge on any atom is -0.388 e. The maximum absolute atomic E-state index is 13.1. The van der Waals surface area contributed by atoms with Gasteiger partial charge in [0.1, 0.15) is 12.3 Å². The number of aliphatic hydroxyl groups excluding tert-OH is 1. The standard InChI is InChI=1S/C11H18FNO3/c1-16-7-11(3-2-4-11)10(15)13-5-8(12)9(14)6-13/h8-9,14H,2-7H2,1H3/t8-,9-/m1/s1. The van der Waals surface area contributed by atoms with Gasteiger partial charge in [0.15, 0.2) is 0 Å². The summed E-state index contributed by atoms with van der Waals surface area (Å²) in [7, 11) is 1.57. The number of β-amino-alcohol motifs (C(OH)–C–C–N with tert-alkyl or cyclic N) is 1. The highest BCUT2D eigenvalue weighted by atomic mass is 19.1. The van der Waals surface area contributed by atoms with Crippen molar-refractivity contribution in [2.45, 2.75) is 31.5 Å². The Hall–Kier alpha value is -0.680. The fourth-order valence-corrected chi connectivity index (χ4v) is 2.55. The van der Waals surface area contributed by atoms with Gasteiger partial charge >= 0.3 is 0 Å². The molecule has 0 unspecified atom stereocenters. The van der Waals surface area contributed by atoms with Crippen molar-refractivity contribution in [2.24, 2.45) is 5.41 Å². The van der Waals surface area contributed by atoms with Crippen molar-refractivity contribution in [3.63, 3.8) is 0 Å². The Morgan fingerprint density at radius 3 is 2.62 bits per heavy atom. The van der Waals surface area contributed by atoms with Crippen LogP contribution in [0.5, 0.6) is 0 Å². The number of hydrogen-bond acceptors (Lipinski definition) is 3. The predicted octanol–water partition coefficient (Wildman–Crippen LogP) is 0.344. The van der Waals surface area contributed by atoms with E-state index in [1.165, 1.54) is 4.90 Å². The molecule has 1 amide bonds. The van der Waals surface area contributed by atoms with E-state index in [4.69, 9.17) is 4.74 Å². The molecule has 2 aliphatic rings. The molecule has 0 aromatic heterocycles. The average Bonchev–Trinajstić information content (AvgIpc) is 2.52. The van der Waals surface area contributed by atoms with Gasteiger partial charge in [0.2, 0.25) is 5.91 Å². The Kier molecular flexibility index (Phi) is 3.17. The Morgan fingerprint density at radius 1 is 1.56 bits per heavy atom. The first-order chi connectivity index (χ1) is 7.59. The van der Waals surface area contributed by atoms with E-state index in [0.29, 0.717) is 6.61 Å². The fourth-order valence-electron chi connectivity index (χ4n) is 2.55. The van der Waals surface area contributed by atoms with Gasteiger partial charge in [-0.05, 0) is 12.8 Å². The van der Waals surface area contributed by atoms with Crippen molar-refractivity contribution in [3.05, 3.63) is 0 Å². The van der Waals surface area contributed by atoms with E-state index in [2.05, 4.69) is 0 Å². The molecule has 2 rings (SSSR count). The number of aliphatic hydroxyl groups is 1. The van der Waals surface area contributed by atoms with Crippen molar-refractivity contribution >= 4 is 5.91 Å². The first kappa shape index (κ1) is 11.8. The molecule has 1 heterocycles. The minimum atomic E-state index is -1.30. The van der Waals surface area contributed by atoms with Gasteiger partial charge in [0.25, 0.3) is 0 Å². The molecule has 2 atom stereocenters. The molecule has 1 aliphatic heterocycles. The maximum atomic E-state index is 13.1. The van der Waals surface area contributed by atoms with Crippen molar-refractivity contribution < 1.29 is 19.0 Å². The fraction of sp³-hybridized carbons (Fsp3) is 0.909. The number of amides is 1. The molecule has 4 nitrogen and oxygen atoms in total. The number of likely N-dealkylation sites (tertiary alicyclic amines) is 1. The summed E-state index contributed by atoms with van der Waals surface area (Å²) in [5, 5.41) is 9.30. The number of alkyl halides is 1. The van der Waals surface area contributed by atoms with Crippen LogP contribution in [0, 0.1) is 5.41 Å². The van der Waals surface area contributed by atoms with E-state index >= 15 is 0 Å². The summed E-state index contributed by atoms with van der Waals surface area (Å²) in [4.78, 5) is 13.6. The summed E-state index contributed by atoms with van der Waals surface area (Å²) in [6.45, 7) is 0.534. The van der Waals surface area contributed by atoms with Gasteiger partial charge in [0, 0.05) is 13.7 Å². The molecule has 92 valence electrons. The van der Waals surface area contributed by atoms with E-state index < -0.39 is 17.7 Å². The van der Waals surface area contributed by atoms with Crippen LogP contribution >= 0.6 is 0 Å². The first-order valence-corrected chi connectivity index (χ1v) is 5.69. The quantitative estimate of drug-likeness (QED) is 0.762. The van der Waals surface area contributed by atoms with E-state index in [1.54, 1.807) is 7.11 Å². The number of carbonyl (C=O) groups is 1. The Labute approximate surface area is 94.4 Å². The third-order valence-electron chi connectivity index (χ3n) is 3.69. The van der Waals surface area contributed by atoms with Crippen LogP contribution in [-0.4, -0.2) is 55.0 Å². The van der Waals surface area contributed by atoms with E-state index in [1.807, 2.05) is 0 Å². The number of rotatable bonds is 3. The normalized spacial score (nSPS) is 32.6. The molecule has 5 heteroatoms. The van der Waals surface area contributed by atoms with Crippen molar-refractivity contribution in [3.8, 4) is 0 Å². The molecular formula is C11H18FNO3. The highest BCUT2D eigenvalue weighted by Crippen LogP contribution is 2.43. The molecule has 0 radical (unpaired) electrons. The molecule has 1 saturated carbocycles. The van der Waals surface area contributed by atoms with Crippen molar-refractivity contribution in [1.29, 1.82) is 0 Å². The largest absolute Gasteiger partial charge is 0.388 e. The number of hydrogen-bond donors (Lipinski definition) is 1. The summed E-state index contributed by atoms with van der Waals surface area (Å²) >= 11 is 0. The molecule has 0 bridgehead atoms. The lowest BCUT2D eigenvalue weighted by atomic mass is 9.68. The summed E-state index contributed by atoms with van der Waals surface area (Å²) in [6, 6.07) is 0. The van der Waals surface area contributed by atoms with Crippen LogP contribution in [-0.2, 0) is 9.53 Å². The molecule has 16 heavy (non-hydrogen) atoms. The second-order valence-corrected chi connectivity index (χ2v) is 4.86. The topological polar surface area (TPSA) is 49.8 Å². The van der Waals surface area contributed by atoms with Gasteiger partial charge in [-0.3, -0.25) is 4.79 Å². The van der Waals surface area contributed by atoms with Gasteiger partial charge < -0.3 is 14.7 Å². The Bertz CT molecular complexity index is 270. The van der Waals surface area contributed by atoms with E-state index in [-0.39, 0.29) is 19.0 Å².